The third kappa shape index (κ3) is 2.37. The predicted molar refractivity (Wildman–Crippen MR) is 63.0 cm³/mol. The molecule has 0 aromatic rings. The van der Waals surface area contributed by atoms with E-state index in [1.807, 2.05) is 0 Å². The van der Waals surface area contributed by atoms with Crippen molar-refractivity contribution in [3.05, 3.63) is 0 Å². The van der Waals surface area contributed by atoms with Crippen molar-refractivity contribution in [3.8, 4) is 0 Å². The van der Waals surface area contributed by atoms with Gasteiger partial charge in [-0.05, 0) is 19.3 Å². The van der Waals surface area contributed by atoms with E-state index >= 15 is 0 Å². The van der Waals surface area contributed by atoms with Crippen molar-refractivity contribution < 1.29 is 23.4 Å². The van der Waals surface area contributed by atoms with Crippen LogP contribution in [0.15, 0.2) is 0 Å². The number of hydrogen-bond acceptors (Lipinski definition) is 4. The first-order chi connectivity index (χ1) is 8.46. The number of hydrogen-bond donors (Lipinski definition) is 2. The average molecular weight is 278 g/mol. The molecule has 0 bridgehead atoms. The quantitative estimate of drug-likeness (QED) is 0.694. The molecule has 0 radical (unpaired) electrons. The minimum absolute atomic E-state index is 0.0205. The summed E-state index contributed by atoms with van der Waals surface area (Å²) in [6.45, 7) is 0.789. The number of aliphatic carboxylic acids is 1. The molecule has 8 heteroatoms. The van der Waals surface area contributed by atoms with Crippen molar-refractivity contribution in [1.82, 2.24) is 8.61 Å². The highest BCUT2D eigenvalue weighted by Crippen LogP contribution is 2.27. The molecule has 0 aliphatic carbocycles. The summed E-state index contributed by atoms with van der Waals surface area (Å²) in [4.78, 5) is 11.1. The maximum absolute atomic E-state index is 12.3. The van der Waals surface area contributed by atoms with Gasteiger partial charge in [0.1, 0.15) is 6.04 Å². The van der Waals surface area contributed by atoms with E-state index in [1.54, 1.807) is 0 Å². The van der Waals surface area contributed by atoms with Crippen LogP contribution in [-0.2, 0) is 15.0 Å². The van der Waals surface area contributed by atoms with Gasteiger partial charge in [-0.15, -0.1) is 0 Å². The number of carbonyl (C=O) groups is 1. The molecule has 1 atom stereocenters. The Morgan fingerprint density at radius 1 is 1.28 bits per heavy atom. The predicted octanol–water partition coefficient (Wildman–Crippen LogP) is -0.906. The molecule has 2 rings (SSSR count). The number of nitrogens with zero attached hydrogens (tertiary/aromatic N) is 2. The van der Waals surface area contributed by atoms with E-state index in [0.29, 0.717) is 12.8 Å². The van der Waals surface area contributed by atoms with E-state index in [0.717, 1.165) is 10.7 Å². The minimum atomic E-state index is -3.69. The topological polar surface area (TPSA) is 98.2 Å². The number of rotatable bonds is 4. The smallest absolute Gasteiger partial charge is 0.322 e. The fourth-order valence-corrected chi connectivity index (χ4v) is 4.37. The molecule has 2 heterocycles. The van der Waals surface area contributed by atoms with Gasteiger partial charge in [-0.25, -0.2) is 0 Å². The third-order valence-corrected chi connectivity index (χ3v) is 5.52. The number of aliphatic hydroxyl groups is 1. The van der Waals surface area contributed by atoms with Crippen LogP contribution in [0.25, 0.3) is 0 Å². The maximum atomic E-state index is 12.3. The molecule has 2 fully saturated rings. The minimum Gasteiger partial charge on any atom is -0.480 e. The number of carboxylic acid groups (broad SMARTS) is 1. The Balaban J connectivity index is 2.10. The summed E-state index contributed by atoms with van der Waals surface area (Å²) in [5.41, 5.74) is 0. The van der Waals surface area contributed by atoms with E-state index in [-0.39, 0.29) is 32.2 Å². The van der Waals surface area contributed by atoms with Crippen LogP contribution in [0.3, 0.4) is 0 Å². The molecule has 0 saturated carbocycles. The number of piperidine rings is 1. The molecule has 2 saturated heterocycles. The molecule has 104 valence electrons. The molecule has 0 aromatic carbocycles. The van der Waals surface area contributed by atoms with E-state index in [1.165, 1.54) is 4.31 Å². The Bertz CT molecular complexity index is 418. The lowest BCUT2D eigenvalue weighted by molar-refractivity contribution is -0.142. The van der Waals surface area contributed by atoms with Crippen LogP contribution in [-0.4, -0.2) is 65.5 Å². The van der Waals surface area contributed by atoms with Crippen LogP contribution in [0.5, 0.6) is 0 Å². The van der Waals surface area contributed by atoms with Crippen molar-refractivity contribution in [3.63, 3.8) is 0 Å². The van der Waals surface area contributed by atoms with E-state index in [9.17, 15) is 13.2 Å². The van der Waals surface area contributed by atoms with E-state index in [4.69, 9.17) is 10.2 Å². The molecule has 2 aliphatic heterocycles. The van der Waals surface area contributed by atoms with Crippen LogP contribution in [0.2, 0.25) is 0 Å². The molecule has 2 N–H and O–H groups in total. The zero-order valence-electron chi connectivity index (χ0n) is 10.0. The van der Waals surface area contributed by atoms with Crippen LogP contribution in [0.1, 0.15) is 19.3 Å². The first kappa shape index (κ1) is 13.7. The van der Waals surface area contributed by atoms with E-state index in [2.05, 4.69) is 0 Å². The molecule has 0 aromatic heterocycles. The lowest BCUT2D eigenvalue weighted by Gasteiger charge is -2.42. The fraction of sp³-hybridized carbons (Fsp3) is 0.900. The van der Waals surface area contributed by atoms with Gasteiger partial charge in [0.2, 0.25) is 0 Å². The van der Waals surface area contributed by atoms with Gasteiger partial charge in [0, 0.05) is 32.2 Å². The third-order valence-electron chi connectivity index (χ3n) is 3.54. The Morgan fingerprint density at radius 2 is 1.94 bits per heavy atom. The standard InChI is InChI=1S/C10H18N2O5S/c13-7-8-5-11(6-8)18(16,17)12-4-2-1-3-9(12)10(14)15/h8-9,13H,1-7H2,(H,14,15). The summed E-state index contributed by atoms with van der Waals surface area (Å²) in [7, 11) is -3.69. The van der Waals surface area contributed by atoms with E-state index < -0.39 is 22.2 Å². The first-order valence-corrected chi connectivity index (χ1v) is 7.47. The van der Waals surface area contributed by atoms with Crippen molar-refractivity contribution in [2.75, 3.05) is 26.2 Å². The lowest BCUT2D eigenvalue weighted by Crippen LogP contribution is -2.59. The highest BCUT2D eigenvalue weighted by molar-refractivity contribution is 7.86. The molecular weight excluding hydrogens is 260 g/mol. The Hall–Kier alpha value is -0.700. The Labute approximate surface area is 106 Å². The first-order valence-electron chi connectivity index (χ1n) is 6.07. The normalized spacial score (nSPS) is 27.9. The summed E-state index contributed by atoms with van der Waals surface area (Å²) >= 11 is 0. The van der Waals surface area contributed by atoms with Crippen molar-refractivity contribution in [2.24, 2.45) is 5.92 Å². The zero-order chi connectivity index (χ0) is 13.3. The van der Waals surface area contributed by atoms with Crippen molar-refractivity contribution in [2.45, 2.75) is 25.3 Å². The largest absolute Gasteiger partial charge is 0.480 e. The average Bonchev–Trinajstić information content (AvgIpc) is 2.27. The van der Waals surface area contributed by atoms with Gasteiger partial charge in [-0.3, -0.25) is 4.79 Å². The molecule has 7 nitrogen and oxygen atoms in total. The second kappa shape index (κ2) is 5.12. The highest BCUT2D eigenvalue weighted by Gasteiger charge is 2.44. The summed E-state index contributed by atoms with van der Waals surface area (Å²) in [5.74, 6) is -1.11. The Morgan fingerprint density at radius 3 is 2.50 bits per heavy atom. The summed E-state index contributed by atoms with van der Waals surface area (Å²) < 4.78 is 26.8. The van der Waals surface area contributed by atoms with Crippen molar-refractivity contribution in [1.29, 1.82) is 0 Å². The highest BCUT2D eigenvalue weighted by atomic mass is 32.2. The maximum Gasteiger partial charge on any atom is 0.322 e. The lowest BCUT2D eigenvalue weighted by atomic mass is 10.1. The molecule has 0 spiro atoms. The van der Waals surface area contributed by atoms with Gasteiger partial charge in [-0.2, -0.15) is 17.0 Å². The van der Waals surface area contributed by atoms with Gasteiger partial charge in [0.05, 0.1) is 0 Å². The van der Waals surface area contributed by atoms with Crippen LogP contribution in [0.4, 0.5) is 0 Å². The number of aliphatic hydroxyl groups excluding tert-OH is 1. The molecule has 0 amide bonds. The summed E-state index contributed by atoms with van der Waals surface area (Å²) in [6.07, 6.45) is 1.80. The van der Waals surface area contributed by atoms with Gasteiger partial charge in [0.25, 0.3) is 10.2 Å². The SMILES string of the molecule is O=C(O)C1CCCCN1S(=O)(=O)N1CC(CO)C1. The second-order valence-electron chi connectivity index (χ2n) is 4.83. The second-order valence-corrected chi connectivity index (χ2v) is 6.71. The fourth-order valence-electron chi connectivity index (χ4n) is 2.40. The van der Waals surface area contributed by atoms with Crippen LogP contribution < -0.4 is 0 Å². The summed E-state index contributed by atoms with van der Waals surface area (Å²) in [6, 6.07) is -0.947. The van der Waals surface area contributed by atoms with Crippen LogP contribution >= 0.6 is 0 Å². The van der Waals surface area contributed by atoms with Crippen molar-refractivity contribution >= 4 is 16.2 Å². The molecule has 18 heavy (non-hydrogen) atoms. The van der Waals surface area contributed by atoms with Gasteiger partial charge in [0.15, 0.2) is 0 Å². The van der Waals surface area contributed by atoms with Gasteiger partial charge >= 0.3 is 5.97 Å². The summed E-state index contributed by atoms with van der Waals surface area (Å²) in [5, 5.41) is 18.0. The molecule has 2 aliphatic rings. The van der Waals surface area contributed by atoms with Gasteiger partial charge < -0.3 is 10.2 Å². The van der Waals surface area contributed by atoms with Gasteiger partial charge in [-0.1, -0.05) is 0 Å². The monoisotopic (exact) mass is 278 g/mol. The molecular formula is C10H18N2O5S. The molecule has 1 unspecified atom stereocenters. The number of carboxylic acids is 1. The Kier molecular flexibility index (Phi) is 3.90. The zero-order valence-corrected chi connectivity index (χ0v) is 10.8. The van der Waals surface area contributed by atoms with Crippen LogP contribution in [0, 0.1) is 5.92 Å².